The molecule has 2 rings (SSSR count). The molecule has 0 amide bonds. The molecule has 0 aliphatic heterocycles. The number of halogens is 1. The van der Waals surface area contributed by atoms with Crippen LogP contribution in [-0.4, -0.2) is 4.21 Å². The minimum atomic E-state index is -1.17. The Morgan fingerprint density at radius 1 is 1.06 bits per heavy atom. The summed E-state index contributed by atoms with van der Waals surface area (Å²) in [6.45, 7) is 0. The molecule has 2 nitrogen and oxygen atoms in total. The van der Waals surface area contributed by atoms with Gasteiger partial charge < -0.3 is 5.73 Å². The summed E-state index contributed by atoms with van der Waals surface area (Å²) in [5.74, 6) is 0.385. The summed E-state index contributed by atoms with van der Waals surface area (Å²) >= 11 is 6.00. The molecule has 0 saturated carbocycles. The van der Waals surface area contributed by atoms with Crippen LogP contribution in [0.2, 0.25) is 5.02 Å². The number of nitrogen functional groups attached to an aromatic ring is 1. The van der Waals surface area contributed by atoms with Gasteiger partial charge in [-0.25, -0.2) is 0 Å². The molecule has 0 fully saturated rings. The van der Waals surface area contributed by atoms with Crippen molar-refractivity contribution in [3.05, 3.63) is 59.1 Å². The second-order valence-electron chi connectivity index (χ2n) is 3.62. The van der Waals surface area contributed by atoms with Crippen molar-refractivity contribution in [3.63, 3.8) is 0 Å². The summed E-state index contributed by atoms with van der Waals surface area (Å²) in [6, 6.07) is 14.6. The maximum atomic E-state index is 12.2. The highest BCUT2D eigenvalue weighted by atomic mass is 35.5. The van der Waals surface area contributed by atoms with Crippen LogP contribution in [0, 0.1) is 0 Å². The molecule has 88 valence electrons. The lowest BCUT2D eigenvalue weighted by Crippen LogP contribution is -2.00. The van der Waals surface area contributed by atoms with Crippen molar-refractivity contribution in [1.82, 2.24) is 0 Å². The van der Waals surface area contributed by atoms with Crippen LogP contribution in [-0.2, 0) is 16.6 Å². The standard InChI is InChI=1S/C13H12ClNOS/c14-11-6-2-4-8-13(11)17(16)9-10-5-1-3-7-12(10)15/h1-8H,9,15H2. The fourth-order valence-electron chi connectivity index (χ4n) is 1.51. The Bertz CT molecular complexity index is 557. The first kappa shape index (κ1) is 12.1. The van der Waals surface area contributed by atoms with E-state index in [0.29, 0.717) is 21.4 Å². The van der Waals surface area contributed by atoms with Crippen LogP contribution in [0.3, 0.4) is 0 Å². The largest absolute Gasteiger partial charge is 0.398 e. The molecule has 0 aromatic heterocycles. The predicted octanol–water partition coefficient (Wildman–Crippen LogP) is 3.23. The second-order valence-corrected chi connectivity index (χ2v) is 5.45. The van der Waals surface area contributed by atoms with E-state index in [0.717, 1.165) is 5.56 Å². The van der Waals surface area contributed by atoms with E-state index in [-0.39, 0.29) is 0 Å². The molecule has 17 heavy (non-hydrogen) atoms. The molecular weight excluding hydrogens is 254 g/mol. The van der Waals surface area contributed by atoms with Crippen molar-refractivity contribution in [1.29, 1.82) is 0 Å². The van der Waals surface area contributed by atoms with E-state index in [1.807, 2.05) is 30.3 Å². The van der Waals surface area contributed by atoms with Crippen LogP contribution < -0.4 is 5.73 Å². The van der Waals surface area contributed by atoms with Crippen LogP contribution in [0.4, 0.5) is 5.69 Å². The Kier molecular flexibility index (Phi) is 3.82. The monoisotopic (exact) mass is 265 g/mol. The Labute approximate surface area is 108 Å². The smallest absolute Gasteiger partial charge is 0.0590 e. The topological polar surface area (TPSA) is 43.1 Å². The van der Waals surface area contributed by atoms with Crippen LogP contribution in [0.15, 0.2) is 53.4 Å². The zero-order chi connectivity index (χ0) is 12.3. The summed E-state index contributed by atoms with van der Waals surface area (Å²) in [5, 5.41) is 0.528. The molecule has 0 spiro atoms. The van der Waals surface area contributed by atoms with E-state index in [2.05, 4.69) is 0 Å². The van der Waals surface area contributed by atoms with E-state index in [9.17, 15) is 4.21 Å². The number of hydrogen-bond acceptors (Lipinski definition) is 2. The highest BCUT2D eigenvalue weighted by Crippen LogP contribution is 2.22. The van der Waals surface area contributed by atoms with Gasteiger partial charge in [0, 0.05) is 5.69 Å². The maximum Gasteiger partial charge on any atom is 0.0590 e. The Morgan fingerprint density at radius 2 is 1.71 bits per heavy atom. The van der Waals surface area contributed by atoms with E-state index in [4.69, 9.17) is 17.3 Å². The Balaban J connectivity index is 2.24. The third kappa shape index (κ3) is 2.87. The van der Waals surface area contributed by atoms with Gasteiger partial charge in [-0.15, -0.1) is 0 Å². The maximum absolute atomic E-state index is 12.2. The van der Waals surface area contributed by atoms with Gasteiger partial charge >= 0.3 is 0 Å². The number of rotatable bonds is 3. The number of hydrogen-bond donors (Lipinski definition) is 1. The van der Waals surface area contributed by atoms with Crippen LogP contribution in [0.1, 0.15) is 5.56 Å². The first-order valence-corrected chi connectivity index (χ1v) is 6.84. The van der Waals surface area contributed by atoms with Crippen molar-refractivity contribution in [3.8, 4) is 0 Å². The molecule has 0 heterocycles. The highest BCUT2D eigenvalue weighted by Gasteiger charge is 2.10. The number of benzene rings is 2. The van der Waals surface area contributed by atoms with E-state index >= 15 is 0 Å². The van der Waals surface area contributed by atoms with E-state index < -0.39 is 10.8 Å². The minimum absolute atomic E-state index is 0.385. The number of para-hydroxylation sites is 1. The SMILES string of the molecule is Nc1ccccc1CS(=O)c1ccccc1Cl. The van der Waals surface area contributed by atoms with Gasteiger partial charge in [-0.3, -0.25) is 4.21 Å². The quantitative estimate of drug-likeness (QED) is 0.866. The minimum Gasteiger partial charge on any atom is -0.398 e. The second kappa shape index (κ2) is 5.34. The average molecular weight is 266 g/mol. The van der Waals surface area contributed by atoms with Crippen LogP contribution in [0.25, 0.3) is 0 Å². The molecule has 0 bridgehead atoms. The van der Waals surface area contributed by atoms with Crippen molar-refractivity contribution >= 4 is 28.1 Å². The zero-order valence-corrected chi connectivity index (χ0v) is 10.7. The number of nitrogens with two attached hydrogens (primary N) is 1. The molecule has 1 atom stereocenters. The Morgan fingerprint density at radius 3 is 2.41 bits per heavy atom. The molecule has 2 aromatic rings. The van der Waals surface area contributed by atoms with Crippen molar-refractivity contribution in [2.75, 3.05) is 5.73 Å². The van der Waals surface area contributed by atoms with Crippen LogP contribution in [0.5, 0.6) is 0 Å². The zero-order valence-electron chi connectivity index (χ0n) is 9.10. The lowest BCUT2D eigenvalue weighted by atomic mass is 10.2. The predicted molar refractivity (Wildman–Crippen MR) is 72.4 cm³/mol. The molecule has 2 aromatic carbocycles. The molecule has 0 aliphatic rings. The van der Waals surface area contributed by atoms with Crippen molar-refractivity contribution in [2.24, 2.45) is 0 Å². The van der Waals surface area contributed by atoms with Crippen LogP contribution >= 0.6 is 11.6 Å². The summed E-state index contributed by atoms with van der Waals surface area (Å²) in [5.41, 5.74) is 7.36. The first-order valence-electron chi connectivity index (χ1n) is 5.15. The fourth-order valence-corrected chi connectivity index (χ4v) is 3.12. The van der Waals surface area contributed by atoms with Crippen molar-refractivity contribution in [2.45, 2.75) is 10.6 Å². The third-order valence-corrected chi connectivity index (χ3v) is 4.29. The summed E-state index contributed by atoms with van der Waals surface area (Å²) < 4.78 is 12.2. The van der Waals surface area contributed by atoms with E-state index in [1.165, 1.54) is 0 Å². The lowest BCUT2D eigenvalue weighted by molar-refractivity contribution is 0.682. The molecule has 2 N–H and O–H groups in total. The summed E-state index contributed by atoms with van der Waals surface area (Å²) in [7, 11) is -1.17. The lowest BCUT2D eigenvalue weighted by Gasteiger charge is -2.06. The molecule has 1 unspecified atom stereocenters. The average Bonchev–Trinajstić information content (AvgIpc) is 2.32. The van der Waals surface area contributed by atoms with Gasteiger partial charge in [-0.1, -0.05) is 41.9 Å². The van der Waals surface area contributed by atoms with Gasteiger partial charge in [-0.05, 0) is 23.8 Å². The van der Waals surface area contributed by atoms with Gasteiger partial charge in [-0.2, -0.15) is 0 Å². The molecule has 4 heteroatoms. The molecular formula is C13H12ClNOS. The van der Waals surface area contributed by atoms with Gasteiger partial charge in [0.2, 0.25) is 0 Å². The fraction of sp³-hybridized carbons (Fsp3) is 0.0769. The van der Waals surface area contributed by atoms with Crippen molar-refractivity contribution < 1.29 is 4.21 Å². The van der Waals surface area contributed by atoms with Gasteiger partial charge in [0.25, 0.3) is 0 Å². The Hall–Kier alpha value is -1.32. The van der Waals surface area contributed by atoms with Gasteiger partial charge in [0.05, 0.1) is 26.5 Å². The summed E-state index contributed by atoms with van der Waals surface area (Å²) in [6.07, 6.45) is 0. The number of anilines is 1. The van der Waals surface area contributed by atoms with E-state index in [1.54, 1.807) is 18.2 Å². The highest BCUT2D eigenvalue weighted by molar-refractivity contribution is 7.84. The molecule has 0 radical (unpaired) electrons. The van der Waals surface area contributed by atoms with Gasteiger partial charge in [0.15, 0.2) is 0 Å². The van der Waals surface area contributed by atoms with Gasteiger partial charge in [0.1, 0.15) is 0 Å². The normalized spacial score (nSPS) is 12.3. The molecule has 0 saturated heterocycles. The first-order chi connectivity index (χ1) is 8.18. The third-order valence-electron chi connectivity index (χ3n) is 2.42. The molecule has 0 aliphatic carbocycles. The summed E-state index contributed by atoms with van der Waals surface area (Å²) in [4.78, 5) is 0.650.